The lowest BCUT2D eigenvalue weighted by Crippen LogP contribution is -2.29. The number of nitrogens with zero attached hydrogens (tertiary/aromatic N) is 1. The summed E-state index contributed by atoms with van der Waals surface area (Å²) < 4.78 is 0. The molecule has 3 heteroatoms. The highest BCUT2D eigenvalue weighted by Crippen LogP contribution is 2.25. The molecule has 1 aliphatic rings. The van der Waals surface area contributed by atoms with Gasteiger partial charge in [-0.05, 0) is 25.5 Å². The summed E-state index contributed by atoms with van der Waals surface area (Å²) in [6, 6.07) is 5.98. The van der Waals surface area contributed by atoms with Crippen LogP contribution >= 0.6 is 0 Å². The number of benzene rings is 1. The van der Waals surface area contributed by atoms with Crippen LogP contribution in [0.15, 0.2) is 18.2 Å². The van der Waals surface area contributed by atoms with E-state index in [4.69, 9.17) is 0 Å². The van der Waals surface area contributed by atoms with Crippen LogP contribution in [0.1, 0.15) is 17.5 Å². The molecule has 1 unspecified atom stereocenters. The van der Waals surface area contributed by atoms with Gasteiger partial charge in [0.1, 0.15) is 6.10 Å². The van der Waals surface area contributed by atoms with Crippen molar-refractivity contribution in [2.24, 2.45) is 0 Å². The van der Waals surface area contributed by atoms with E-state index >= 15 is 0 Å². The van der Waals surface area contributed by atoms with Gasteiger partial charge >= 0.3 is 0 Å². The van der Waals surface area contributed by atoms with Crippen LogP contribution in [0, 0.1) is 13.8 Å². The van der Waals surface area contributed by atoms with Gasteiger partial charge < -0.3 is 10.0 Å². The zero-order chi connectivity index (χ0) is 11.0. The number of hydrogen-bond acceptors (Lipinski definition) is 2. The lowest BCUT2D eigenvalue weighted by molar-refractivity contribution is -0.124. The van der Waals surface area contributed by atoms with Crippen molar-refractivity contribution in [3.05, 3.63) is 29.3 Å². The van der Waals surface area contributed by atoms with Gasteiger partial charge in [0.05, 0.1) is 0 Å². The van der Waals surface area contributed by atoms with Crippen molar-refractivity contribution in [3.63, 3.8) is 0 Å². The largest absolute Gasteiger partial charge is 0.383 e. The fourth-order valence-electron chi connectivity index (χ4n) is 2.01. The maximum Gasteiger partial charge on any atom is 0.255 e. The highest BCUT2D eigenvalue weighted by atomic mass is 16.3. The topological polar surface area (TPSA) is 40.5 Å². The highest BCUT2D eigenvalue weighted by Gasteiger charge is 2.31. The standard InChI is InChI=1S/C12H15NO2/c1-8-3-4-10(9(2)7-8)13-6-5-11(14)12(13)15/h3-4,7,11,14H,5-6H2,1-2H3. The second-order valence-corrected chi connectivity index (χ2v) is 4.08. The van der Waals surface area contributed by atoms with E-state index in [0.717, 1.165) is 11.3 Å². The minimum absolute atomic E-state index is 0.179. The lowest BCUT2D eigenvalue weighted by Gasteiger charge is -2.18. The molecule has 1 aromatic carbocycles. The maximum absolute atomic E-state index is 11.6. The first-order valence-corrected chi connectivity index (χ1v) is 5.16. The number of aliphatic hydroxyl groups excluding tert-OH is 1. The minimum atomic E-state index is -0.814. The van der Waals surface area contributed by atoms with Crippen LogP contribution in [-0.4, -0.2) is 23.7 Å². The molecular weight excluding hydrogens is 190 g/mol. The summed E-state index contributed by atoms with van der Waals surface area (Å²) in [5.41, 5.74) is 3.18. The zero-order valence-electron chi connectivity index (χ0n) is 9.03. The predicted molar refractivity (Wildman–Crippen MR) is 58.9 cm³/mol. The summed E-state index contributed by atoms with van der Waals surface area (Å²) in [5, 5.41) is 9.38. The predicted octanol–water partition coefficient (Wildman–Crippen LogP) is 1.40. The molecule has 15 heavy (non-hydrogen) atoms. The van der Waals surface area contributed by atoms with Gasteiger partial charge in [0, 0.05) is 18.7 Å². The summed E-state index contributed by atoms with van der Waals surface area (Å²) in [5.74, 6) is -0.179. The molecule has 0 aliphatic carbocycles. The van der Waals surface area contributed by atoms with Crippen molar-refractivity contribution in [2.45, 2.75) is 26.4 Å². The molecule has 1 heterocycles. The number of amides is 1. The molecule has 0 saturated carbocycles. The third-order valence-corrected chi connectivity index (χ3v) is 2.82. The molecule has 0 radical (unpaired) electrons. The highest BCUT2D eigenvalue weighted by molar-refractivity contribution is 5.99. The first-order chi connectivity index (χ1) is 7.09. The van der Waals surface area contributed by atoms with E-state index in [0.29, 0.717) is 13.0 Å². The number of hydrogen-bond donors (Lipinski definition) is 1. The molecule has 0 bridgehead atoms. The number of rotatable bonds is 1. The quantitative estimate of drug-likeness (QED) is 0.753. The molecule has 0 aromatic heterocycles. The van der Waals surface area contributed by atoms with Gasteiger partial charge in [-0.25, -0.2) is 0 Å². The van der Waals surface area contributed by atoms with E-state index in [9.17, 15) is 9.90 Å². The Kier molecular flexibility index (Phi) is 2.49. The van der Waals surface area contributed by atoms with E-state index in [1.807, 2.05) is 32.0 Å². The fraction of sp³-hybridized carbons (Fsp3) is 0.417. The maximum atomic E-state index is 11.6. The Morgan fingerprint density at radius 3 is 2.67 bits per heavy atom. The molecule has 1 aliphatic heterocycles. The monoisotopic (exact) mass is 205 g/mol. The van der Waals surface area contributed by atoms with Gasteiger partial charge in [-0.15, -0.1) is 0 Å². The fourth-order valence-corrected chi connectivity index (χ4v) is 2.01. The van der Waals surface area contributed by atoms with Crippen LogP contribution < -0.4 is 4.90 Å². The Morgan fingerprint density at radius 1 is 1.40 bits per heavy atom. The van der Waals surface area contributed by atoms with Gasteiger partial charge in [0.2, 0.25) is 0 Å². The average molecular weight is 205 g/mol. The smallest absolute Gasteiger partial charge is 0.255 e. The van der Waals surface area contributed by atoms with Crippen LogP contribution in [0.3, 0.4) is 0 Å². The van der Waals surface area contributed by atoms with Gasteiger partial charge in [0.15, 0.2) is 0 Å². The Hall–Kier alpha value is -1.35. The van der Waals surface area contributed by atoms with Crippen molar-refractivity contribution in [2.75, 3.05) is 11.4 Å². The number of anilines is 1. The summed E-state index contributed by atoms with van der Waals surface area (Å²) in [6.45, 7) is 4.63. The van der Waals surface area contributed by atoms with Crippen LogP contribution in [0.4, 0.5) is 5.69 Å². The van der Waals surface area contributed by atoms with E-state index in [1.54, 1.807) is 4.90 Å². The Morgan fingerprint density at radius 2 is 2.13 bits per heavy atom. The van der Waals surface area contributed by atoms with Gasteiger partial charge in [-0.3, -0.25) is 4.79 Å². The molecule has 1 saturated heterocycles. The van der Waals surface area contributed by atoms with E-state index in [-0.39, 0.29) is 5.91 Å². The third-order valence-electron chi connectivity index (χ3n) is 2.82. The van der Waals surface area contributed by atoms with Crippen molar-refractivity contribution in [3.8, 4) is 0 Å². The molecular formula is C12H15NO2. The zero-order valence-corrected chi connectivity index (χ0v) is 9.03. The first kappa shape index (κ1) is 10.2. The summed E-state index contributed by atoms with van der Waals surface area (Å²) in [7, 11) is 0. The summed E-state index contributed by atoms with van der Waals surface area (Å²) >= 11 is 0. The molecule has 1 aromatic rings. The molecule has 1 fully saturated rings. The molecule has 2 rings (SSSR count). The molecule has 3 nitrogen and oxygen atoms in total. The third kappa shape index (κ3) is 1.75. The normalized spacial score (nSPS) is 21.1. The van der Waals surface area contributed by atoms with Gasteiger partial charge in [-0.2, -0.15) is 0 Å². The second kappa shape index (κ2) is 3.66. The first-order valence-electron chi connectivity index (χ1n) is 5.16. The number of carbonyl (C=O) groups is 1. The molecule has 1 N–H and O–H groups in total. The second-order valence-electron chi connectivity index (χ2n) is 4.08. The SMILES string of the molecule is Cc1ccc(N2CCC(O)C2=O)c(C)c1. The Labute approximate surface area is 89.3 Å². The van der Waals surface area contributed by atoms with Gasteiger partial charge in [0.25, 0.3) is 5.91 Å². The van der Waals surface area contributed by atoms with E-state index < -0.39 is 6.10 Å². The van der Waals surface area contributed by atoms with Crippen molar-refractivity contribution >= 4 is 11.6 Å². The summed E-state index contributed by atoms with van der Waals surface area (Å²) in [4.78, 5) is 13.3. The van der Waals surface area contributed by atoms with Gasteiger partial charge in [-0.1, -0.05) is 17.7 Å². The lowest BCUT2D eigenvalue weighted by atomic mass is 10.1. The van der Waals surface area contributed by atoms with Crippen LogP contribution in [0.25, 0.3) is 0 Å². The number of aliphatic hydroxyl groups is 1. The van der Waals surface area contributed by atoms with E-state index in [2.05, 4.69) is 0 Å². The Bertz CT molecular complexity index is 401. The Balaban J connectivity index is 2.34. The number of carbonyl (C=O) groups excluding carboxylic acids is 1. The van der Waals surface area contributed by atoms with Crippen LogP contribution in [0.2, 0.25) is 0 Å². The molecule has 0 spiro atoms. The average Bonchev–Trinajstić information content (AvgIpc) is 2.49. The van der Waals surface area contributed by atoms with E-state index in [1.165, 1.54) is 5.56 Å². The summed E-state index contributed by atoms with van der Waals surface area (Å²) in [6.07, 6.45) is -0.280. The van der Waals surface area contributed by atoms with Crippen LogP contribution in [-0.2, 0) is 4.79 Å². The minimum Gasteiger partial charge on any atom is -0.383 e. The molecule has 80 valence electrons. The number of aryl methyl sites for hydroxylation is 2. The van der Waals surface area contributed by atoms with Crippen molar-refractivity contribution in [1.82, 2.24) is 0 Å². The van der Waals surface area contributed by atoms with Crippen molar-refractivity contribution < 1.29 is 9.90 Å². The molecule has 1 atom stereocenters. The molecule has 1 amide bonds. The van der Waals surface area contributed by atoms with Crippen molar-refractivity contribution in [1.29, 1.82) is 0 Å². The van der Waals surface area contributed by atoms with Crippen LogP contribution in [0.5, 0.6) is 0 Å².